The van der Waals surface area contributed by atoms with Gasteiger partial charge in [-0.05, 0) is 73.6 Å². The summed E-state index contributed by atoms with van der Waals surface area (Å²) in [5.74, 6) is 0.544. The van der Waals surface area contributed by atoms with Crippen molar-refractivity contribution in [3.8, 4) is 0 Å². The summed E-state index contributed by atoms with van der Waals surface area (Å²) in [5, 5.41) is 3.45. The number of nitrogens with one attached hydrogen (secondary N) is 1. The zero-order valence-corrected chi connectivity index (χ0v) is 24.6. The van der Waals surface area contributed by atoms with Gasteiger partial charge in [-0.3, -0.25) is 4.79 Å². The molecule has 3 rings (SSSR count). The van der Waals surface area contributed by atoms with Gasteiger partial charge in [-0.25, -0.2) is 14.8 Å². The van der Waals surface area contributed by atoms with Gasteiger partial charge in [-0.2, -0.15) is 0 Å². The molecule has 2 saturated heterocycles. The lowest BCUT2D eigenvalue weighted by Crippen LogP contribution is -2.56. The number of likely N-dealkylation sites (tertiary alicyclic amines) is 1. The molecule has 2 fully saturated rings. The van der Waals surface area contributed by atoms with E-state index in [2.05, 4.69) is 15.3 Å². The summed E-state index contributed by atoms with van der Waals surface area (Å²) < 4.78 is 17.6. The van der Waals surface area contributed by atoms with Gasteiger partial charge >= 0.3 is 13.2 Å². The number of hydrogen-bond acceptors (Lipinski definition) is 8. The van der Waals surface area contributed by atoms with Crippen molar-refractivity contribution >= 4 is 36.3 Å². The summed E-state index contributed by atoms with van der Waals surface area (Å²) in [5.41, 5.74) is -0.690. The maximum Gasteiger partial charge on any atom is 0.498 e. The lowest BCUT2D eigenvalue weighted by atomic mass is 9.81. The summed E-state index contributed by atoms with van der Waals surface area (Å²) in [4.78, 5) is 36.9. The minimum absolute atomic E-state index is 0.0410. The number of aromatic nitrogens is 2. The highest BCUT2D eigenvalue weighted by molar-refractivity contribution is 7.99. The lowest BCUT2D eigenvalue weighted by Gasteiger charge is -2.38. The summed E-state index contributed by atoms with van der Waals surface area (Å²) in [6.07, 6.45) is 5.84. The molecule has 2 aliphatic heterocycles. The Balaban J connectivity index is 1.62. The molecule has 0 unspecified atom stereocenters. The predicted octanol–water partition coefficient (Wildman–Crippen LogP) is 3.80. The highest BCUT2D eigenvalue weighted by Gasteiger charge is 2.52. The molecule has 0 saturated carbocycles. The molecular formula is C26H43BN4O5S. The molecule has 11 heteroatoms. The first kappa shape index (κ1) is 29.7. The number of nitrogens with zero attached hydrogens (tertiary/aromatic N) is 3. The first-order valence-electron chi connectivity index (χ1n) is 13.2. The quantitative estimate of drug-likeness (QED) is 0.320. The van der Waals surface area contributed by atoms with Crippen molar-refractivity contribution < 1.29 is 23.6 Å². The number of carbonyl (C=O) groups is 2. The van der Waals surface area contributed by atoms with Crippen LogP contribution < -0.4 is 10.8 Å². The minimum atomic E-state index is -0.643. The Morgan fingerprint density at radius 3 is 2.30 bits per heavy atom. The average molecular weight is 535 g/mol. The van der Waals surface area contributed by atoms with E-state index in [1.165, 1.54) is 11.8 Å². The van der Waals surface area contributed by atoms with Gasteiger partial charge in [-0.1, -0.05) is 25.6 Å². The molecule has 0 bridgehead atoms. The Kier molecular flexibility index (Phi) is 9.23. The van der Waals surface area contributed by atoms with Crippen LogP contribution in [-0.2, 0) is 18.8 Å². The van der Waals surface area contributed by atoms with Crippen LogP contribution in [0.1, 0.15) is 81.6 Å². The maximum absolute atomic E-state index is 13.5. The van der Waals surface area contributed by atoms with Gasteiger partial charge in [0.25, 0.3) is 0 Å². The van der Waals surface area contributed by atoms with Crippen molar-refractivity contribution in [1.82, 2.24) is 20.2 Å². The summed E-state index contributed by atoms with van der Waals surface area (Å²) in [6, 6.07) is -0.602. The van der Waals surface area contributed by atoms with Gasteiger partial charge in [0.05, 0.1) is 11.2 Å². The van der Waals surface area contributed by atoms with Gasteiger partial charge in [0.15, 0.2) is 5.16 Å². The fourth-order valence-electron chi connectivity index (χ4n) is 4.26. The number of rotatable bonds is 7. The van der Waals surface area contributed by atoms with Crippen LogP contribution in [0.25, 0.3) is 0 Å². The number of alkyl carbamates (subject to hydrolysis) is 1. The monoisotopic (exact) mass is 534 g/mol. The lowest BCUT2D eigenvalue weighted by molar-refractivity contribution is -0.137. The highest BCUT2D eigenvalue weighted by atomic mass is 32.2. The number of piperidine rings is 1. The van der Waals surface area contributed by atoms with Gasteiger partial charge in [0.2, 0.25) is 5.91 Å². The van der Waals surface area contributed by atoms with Crippen LogP contribution in [0, 0.1) is 5.92 Å². The number of amides is 2. The van der Waals surface area contributed by atoms with Gasteiger partial charge in [0, 0.05) is 36.2 Å². The third kappa shape index (κ3) is 7.60. The fraction of sp³-hybridized carbons (Fsp3) is 0.769. The van der Waals surface area contributed by atoms with E-state index in [9.17, 15) is 9.59 Å². The second-order valence-electron chi connectivity index (χ2n) is 12.2. The van der Waals surface area contributed by atoms with Gasteiger partial charge in [-0.15, -0.1) is 0 Å². The first-order valence-corrected chi connectivity index (χ1v) is 14.2. The van der Waals surface area contributed by atoms with Crippen molar-refractivity contribution in [2.45, 2.75) is 116 Å². The SMILES string of the molecule is CC(C)[C@@H](NC(=O)OC(C)(C)C)C(=O)N1CCCC[C@@H]1CSc1ncc(B2OC(C)(C)C(C)(C)O2)cn1. The second-order valence-corrected chi connectivity index (χ2v) is 13.2. The molecule has 1 aromatic heterocycles. The van der Waals surface area contributed by atoms with Crippen molar-refractivity contribution in [2.24, 2.45) is 5.92 Å². The van der Waals surface area contributed by atoms with Crippen LogP contribution >= 0.6 is 11.8 Å². The molecule has 0 aromatic carbocycles. The van der Waals surface area contributed by atoms with Crippen LogP contribution in [0.4, 0.5) is 4.79 Å². The predicted molar refractivity (Wildman–Crippen MR) is 146 cm³/mol. The zero-order chi connectivity index (χ0) is 27.6. The van der Waals surface area contributed by atoms with Crippen molar-refractivity contribution in [2.75, 3.05) is 12.3 Å². The Bertz CT molecular complexity index is 935. The molecule has 3 heterocycles. The maximum atomic E-state index is 13.5. The van der Waals surface area contributed by atoms with E-state index >= 15 is 0 Å². The summed E-state index contributed by atoms with van der Waals surface area (Å²) >= 11 is 1.53. The van der Waals surface area contributed by atoms with E-state index in [4.69, 9.17) is 14.0 Å². The molecule has 2 atom stereocenters. The first-order chi connectivity index (χ1) is 17.1. The fourth-order valence-corrected chi connectivity index (χ4v) is 5.21. The number of ether oxygens (including phenoxy) is 1. The van der Waals surface area contributed by atoms with E-state index in [0.717, 1.165) is 24.7 Å². The van der Waals surface area contributed by atoms with E-state index in [-0.39, 0.29) is 17.9 Å². The van der Waals surface area contributed by atoms with Crippen molar-refractivity contribution in [3.63, 3.8) is 0 Å². The van der Waals surface area contributed by atoms with E-state index in [0.29, 0.717) is 17.5 Å². The van der Waals surface area contributed by atoms with Crippen LogP contribution in [-0.4, -0.2) is 75.2 Å². The van der Waals surface area contributed by atoms with E-state index in [1.54, 1.807) is 33.2 Å². The summed E-state index contributed by atoms with van der Waals surface area (Å²) in [6.45, 7) is 18.0. The standard InChI is InChI=1S/C26H43BN4O5S/c1-17(2)20(30-23(33)34-24(3,4)5)21(32)31-13-11-10-12-19(31)16-37-22-28-14-18(15-29-22)27-35-25(6,7)26(8,9)36-27/h14-15,17,19-20H,10-13,16H2,1-9H3,(H,30,33)/t19-,20-/m1/s1. The molecule has 0 radical (unpaired) electrons. The van der Waals surface area contributed by atoms with Gasteiger partial charge < -0.3 is 24.3 Å². The normalized spacial score (nSPS) is 22.2. The second kappa shape index (κ2) is 11.5. The largest absolute Gasteiger partial charge is 0.498 e. The van der Waals surface area contributed by atoms with E-state index in [1.807, 2.05) is 46.4 Å². The molecule has 1 N–H and O–H groups in total. The van der Waals surface area contributed by atoms with Crippen LogP contribution in [0.5, 0.6) is 0 Å². The van der Waals surface area contributed by atoms with Crippen molar-refractivity contribution in [1.29, 1.82) is 0 Å². The third-order valence-electron chi connectivity index (χ3n) is 7.09. The third-order valence-corrected chi connectivity index (χ3v) is 8.11. The molecule has 206 valence electrons. The Hall–Kier alpha value is -1.85. The van der Waals surface area contributed by atoms with Crippen molar-refractivity contribution in [3.05, 3.63) is 12.4 Å². The van der Waals surface area contributed by atoms with Crippen LogP contribution in [0.15, 0.2) is 17.6 Å². The molecule has 2 amide bonds. The number of thioether (sulfide) groups is 1. The molecule has 37 heavy (non-hydrogen) atoms. The van der Waals surface area contributed by atoms with E-state index < -0.39 is 36.1 Å². The number of carbonyl (C=O) groups excluding carboxylic acids is 2. The topological polar surface area (TPSA) is 103 Å². The number of hydrogen-bond donors (Lipinski definition) is 1. The highest BCUT2D eigenvalue weighted by Crippen LogP contribution is 2.36. The molecular weight excluding hydrogens is 491 g/mol. The van der Waals surface area contributed by atoms with Crippen LogP contribution in [0.3, 0.4) is 0 Å². The summed E-state index contributed by atoms with van der Waals surface area (Å²) in [7, 11) is -0.499. The Morgan fingerprint density at radius 1 is 1.16 bits per heavy atom. The minimum Gasteiger partial charge on any atom is -0.444 e. The molecule has 2 aliphatic rings. The van der Waals surface area contributed by atoms with Gasteiger partial charge in [0.1, 0.15) is 11.6 Å². The molecule has 1 aromatic rings. The van der Waals surface area contributed by atoms with Crippen LogP contribution in [0.2, 0.25) is 0 Å². The Labute approximate surface area is 226 Å². The molecule has 9 nitrogen and oxygen atoms in total. The zero-order valence-electron chi connectivity index (χ0n) is 23.8. The average Bonchev–Trinajstić information content (AvgIpc) is 3.01. The smallest absolute Gasteiger partial charge is 0.444 e. The molecule has 0 aliphatic carbocycles. The molecule has 0 spiro atoms. The Morgan fingerprint density at radius 2 is 1.76 bits per heavy atom.